The van der Waals surface area contributed by atoms with Crippen LogP contribution in [0.25, 0.3) is 77.3 Å². The van der Waals surface area contributed by atoms with E-state index in [0.717, 1.165) is 67.6 Å². The molecule has 0 N–H and O–H groups in total. The summed E-state index contributed by atoms with van der Waals surface area (Å²) < 4.78 is 8.89. The standard InChI is InChI=1S/C55H40N2O/c1-37-36-55(2,33-34-56(49-19-11-9-17-45(37)49)43-26-21-40(22-27-43)38-13-5-3-6-14-38)42-25-31-50-48(35-42)46-30-32-52-53(47-18-10-12-20-51(47)58-52)54(46)57(50)44-28-23-41(24-29-44)39-15-7-4-8-16-39/h3-35H,1,36H2,2H3/b34-33-. The van der Waals surface area contributed by atoms with E-state index in [1.54, 1.807) is 0 Å². The zero-order chi connectivity index (χ0) is 38.8. The van der Waals surface area contributed by atoms with Crippen molar-refractivity contribution in [1.29, 1.82) is 0 Å². The second kappa shape index (κ2) is 13.4. The molecular weight excluding hydrogens is 705 g/mol. The van der Waals surface area contributed by atoms with Gasteiger partial charge in [0.05, 0.1) is 22.1 Å². The summed E-state index contributed by atoms with van der Waals surface area (Å²) in [7, 11) is 0. The minimum Gasteiger partial charge on any atom is -0.456 e. The van der Waals surface area contributed by atoms with Crippen LogP contribution in [0.5, 0.6) is 0 Å². The molecule has 0 aliphatic carbocycles. The maximum atomic E-state index is 6.46. The summed E-state index contributed by atoms with van der Waals surface area (Å²) >= 11 is 0. The second-order valence-corrected chi connectivity index (χ2v) is 15.7. The number of furan rings is 1. The van der Waals surface area contributed by atoms with Gasteiger partial charge in [0.1, 0.15) is 11.2 Å². The van der Waals surface area contributed by atoms with E-state index in [1.807, 2.05) is 6.07 Å². The molecule has 1 atom stereocenters. The van der Waals surface area contributed by atoms with Crippen LogP contribution in [-0.2, 0) is 5.41 Å². The van der Waals surface area contributed by atoms with Gasteiger partial charge in [-0.3, -0.25) is 0 Å². The molecule has 3 nitrogen and oxygen atoms in total. The van der Waals surface area contributed by atoms with Crippen LogP contribution in [0.15, 0.2) is 211 Å². The first kappa shape index (κ1) is 33.9. The van der Waals surface area contributed by atoms with Crippen LogP contribution in [0.3, 0.4) is 0 Å². The van der Waals surface area contributed by atoms with Crippen molar-refractivity contribution >= 4 is 60.7 Å². The topological polar surface area (TPSA) is 21.3 Å². The number of fused-ring (bicyclic) bond motifs is 8. The van der Waals surface area contributed by atoms with E-state index in [4.69, 9.17) is 11.0 Å². The Morgan fingerprint density at radius 2 is 1.16 bits per heavy atom. The van der Waals surface area contributed by atoms with Crippen LogP contribution in [0.1, 0.15) is 24.5 Å². The van der Waals surface area contributed by atoms with Gasteiger partial charge in [-0.15, -0.1) is 0 Å². The van der Waals surface area contributed by atoms with Crippen molar-refractivity contribution in [2.75, 3.05) is 4.90 Å². The summed E-state index contributed by atoms with van der Waals surface area (Å²) in [6.07, 6.45) is 5.43. The van der Waals surface area contributed by atoms with Crippen LogP contribution < -0.4 is 4.90 Å². The van der Waals surface area contributed by atoms with Crippen LogP contribution in [0.4, 0.5) is 11.4 Å². The molecule has 1 unspecified atom stereocenters. The zero-order valence-electron chi connectivity index (χ0n) is 32.3. The lowest BCUT2D eigenvalue weighted by atomic mass is 9.75. The van der Waals surface area contributed by atoms with Crippen molar-refractivity contribution < 1.29 is 4.42 Å². The molecule has 0 fully saturated rings. The average molecular weight is 745 g/mol. The molecule has 3 heterocycles. The van der Waals surface area contributed by atoms with Crippen molar-refractivity contribution in [2.24, 2.45) is 0 Å². The van der Waals surface area contributed by atoms with Gasteiger partial charge in [-0.2, -0.15) is 0 Å². The lowest BCUT2D eigenvalue weighted by Crippen LogP contribution is -2.24. The maximum absolute atomic E-state index is 6.46. The number of aromatic nitrogens is 1. The van der Waals surface area contributed by atoms with E-state index < -0.39 is 0 Å². The van der Waals surface area contributed by atoms with Crippen LogP contribution in [0.2, 0.25) is 0 Å². The number of nitrogens with zero attached hydrogens (tertiary/aromatic N) is 2. The number of allylic oxidation sites excluding steroid dienone is 2. The second-order valence-electron chi connectivity index (χ2n) is 15.7. The molecule has 0 saturated heterocycles. The Bertz CT molecular complexity index is 3210. The highest BCUT2D eigenvalue weighted by atomic mass is 16.3. The van der Waals surface area contributed by atoms with E-state index in [9.17, 15) is 0 Å². The van der Waals surface area contributed by atoms with E-state index in [0.29, 0.717) is 0 Å². The van der Waals surface area contributed by atoms with Gasteiger partial charge in [0.15, 0.2) is 0 Å². The van der Waals surface area contributed by atoms with Gasteiger partial charge in [0, 0.05) is 44.7 Å². The van der Waals surface area contributed by atoms with Crippen molar-refractivity contribution in [3.63, 3.8) is 0 Å². The lowest BCUT2D eigenvalue weighted by molar-refractivity contribution is 0.612. The highest BCUT2D eigenvalue weighted by Crippen LogP contribution is 2.46. The molecule has 0 radical (unpaired) electrons. The lowest BCUT2D eigenvalue weighted by Gasteiger charge is -2.34. The summed E-state index contributed by atoms with van der Waals surface area (Å²) in [6.45, 7) is 7.08. The van der Waals surface area contributed by atoms with Gasteiger partial charge in [-0.1, -0.05) is 147 Å². The number of hydrogen-bond donors (Lipinski definition) is 0. The van der Waals surface area contributed by atoms with Crippen molar-refractivity contribution in [3.05, 3.63) is 218 Å². The average Bonchev–Trinajstić information content (AvgIpc) is 3.82. The SMILES string of the molecule is C=C1CC(C)(c2ccc3c(c2)c2ccc4oc5ccccc5c4c2n3-c2ccc(-c3ccccc3)cc2)/C=C\N(c2ccc(-c3ccccc3)cc2)c2ccccc21. The van der Waals surface area contributed by atoms with E-state index in [2.05, 4.69) is 211 Å². The fourth-order valence-corrected chi connectivity index (χ4v) is 9.14. The molecule has 0 amide bonds. The highest BCUT2D eigenvalue weighted by Gasteiger charge is 2.30. The first-order valence-corrected chi connectivity index (χ1v) is 20.0. The number of rotatable bonds is 5. The summed E-state index contributed by atoms with van der Waals surface area (Å²) in [5, 5.41) is 4.66. The maximum Gasteiger partial charge on any atom is 0.137 e. The highest BCUT2D eigenvalue weighted by molar-refractivity contribution is 6.24. The van der Waals surface area contributed by atoms with Crippen LogP contribution in [0, 0.1) is 0 Å². The summed E-state index contributed by atoms with van der Waals surface area (Å²) in [5.41, 5.74) is 15.4. The fraction of sp³-hybridized carbons (Fsp3) is 0.0545. The molecule has 10 aromatic rings. The first-order valence-electron chi connectivity index (χ1n) is 20.0. The summed E-state index contributed by atoms with van der Waals surface area (Å²) in [4.78, 5) is 2.32. The Labute approximate surface area is 338 Å². The third-order valence-corrected chi connectivity index (χ3v) is 12.1. The summed E-state index contributed by atoms with van der Waals surface area (Å²) in [6, 6.07) is 67.4. The zero-order valence-corrected chi connectivity index (χ0v) is 32.3. The Hall–Kier alpha value is -7.36. The molecule has 0 spiro atoms. The molecule has 1 aliphatic heterocycles. The van der Waals surface area contributed by atoms with E-state index in [1.165, 1.54) is 38.6 Å². The van der Waals surface area contributed by atoms with Gasteiger partial charge in [0.2, 0.25) is 0 Å². The quantitative estimate of drug-likeness (QED) is 0.175. The van der Waals surface area contributed by atoms with Crippen molar-refractivity contribution in [2.45, 2.75) is 18.8 Å². The predicted molar refractivity (Wildman–Crippen MR) is 244 cm³/mol. The molecule has 276 valence electrons. The number of anilines is 2. The van der Waals surface area contributed by atoms with E-state index >= 15 is 0 Å². The molecule has 3 heteroatoms. The van der Waals surface area contributed by atoms with Crippen LogP contribution in [-0.4, -0.2) is 4.57 Å². The minimum absolute atomic E-state index is 0.348. The third-order valence-electron chi connectivity index (χ3n) is 12.1. The molecule has 0 saturated carbocycles. The Morgan fingerprint density at radius 3 is 1.88 bits per heavy atom. The fourth-order valence-electron chi connectivity index (χ4n) is 9.14. The van der Waals surface area contributed by atoms with Gasteiger partial charge >= 0.3 is 0 Å². The molecular formula is C55H40N2O. The van der Waals surface area contributed by atoms with Gasteiger partial charge in [-0.05, 0) is 100 Å². The van der Waals surface area contributed by atoms with Crippen LogP contribution >= 0.6 is 0 Å². The molecule has 2 aromatic heterocycles. The van der Waals surface area contributed by atoms with Gasteiger partial charge in [0.25, 0.3) is 0 Å². The predicted octanol–water partition coefficient (Wildman–Crippen LogP) is 15.0. The Kier molecular flexibility index (Phi) is 7.84. The minimum atomic E-state index is -0.348. The van der Waals surface area contributed by atoms with Gasteiger partial charge < -0.3 is 13.9 Å². The van der Waals surface area contributed by atoms with Crippen molar-refractivity contribution in [1.82, 2.24) is 4.57 Å². The molecule has 11 rings (SSSR count). The molecule has 8 aromatic carbocycles. The largest absolute Gasteiger partial charge is 0.456 e. The molecule has 0 bridgehead atoms. The Balaban J connectivity index is 1.08. The third kappa shape index (κ3) is 5.50. The van der Waals surface area contributed by atoms with E-state index in [-0.39, 0.29) is 5.41 Å². The number of benzene rings is 8. The monoisotopic (exact) mass is 744 g/mol. The smallest absolute Gasteiger partial charge is 0.137 e. The summed E-state index contributed by atoms with van der Waals surface area (Å²) in [5.74, 6) is 0. The number of hydrogen-bond acceptors (Lipinski definition) is 2. The van der Waals surface area contributed by atoms with Crippen molar-refractivity contribution in [3.8, 4) is 27.9 Å². The Morgan fingerprint density at radius 1 is 0.534 bits per heavy atom. The molecule has 1 aliphatic rings. The first-order chi connectivity index (χ1) is 28.5. The van der Waals surface area contributed by atoms with Gasteiger partial charge in [-0.25, -0.2) is 0 Å². The molecule has 58 heavy (non-hydrogen) atoms. The normalized spacial score (nSPS) is 16.2. The number of para-hydroxylation sites is 2.